The summed E-state index contributed by atoms with van der Waals surface area (Å²) in [5.74, 6) is 1.12. The molecule has 1 amide bonds. The number of rotatable bonds is 8. The molecule has 0 saturated carbocycles. The first-order chi connectivity index (χ1) is 12.7. The van der Waals surface area contributed by atoms with Crippen molar-refractivity contribution in [3.05, 3.63) is 54.1 Å². The third kappa shape index (κ3) is 5.97. The number of ether oxygens (including phenoxy) is 2. The van der Waals surface area contributed by atoms with Gasteiger partial charge in [0.25, 0.3) is 0 Å². The number of anilines is 1. The van der Waals surface area contributed by atoms with Crippen LogP contribution in [0.15, 0.2) is 48.5 Å². The molecule has 1 atom stereocenters. The average Bonchev–Trinajstić information content (AvgIpc) is 2.66. The molecule has 27 heavy (non-hydrogen) atoms. The van der Waals surface area contributed by atoms with Crippen molar-refractivity contribution in [2.45, 2.75) is 12.5 Å². The van der Waals surface area contributed by atoms with Crippen molar-refractivity contribution in [3.63, 3.8) is 0 Å². The maximum atomic E-state index is 12.7. The Morgan fingerprint density at radius 2 is 1.48 bits per heavy atom. The molecule has 0 aliphatic heterocycles. The third-order valence-corrected chi connectivity index (χ3v) is 4.80. The monoisotopic (exact) mass is 392 g/mol. The number of benzene rings is 2. The van der Waals surface area contributed by atoms with E-state index in [0.29, 0.717) is 22.7 Å². The first kappa shape index (κ1) is 20.7. The Morgan fingerprint density at radius 1 is 1.00 bits per heavy atom. The van der Waals surface area contributed by atoms with E-state index in [0.717, 1.165) is 6.26 Å². The zero-order valence-corrected chi connectivity index (χ0v) is 16.6. The number of nitrogens with one attached hydrogen (secondary N) is 1. The lowest BCUT2D eigenvalue weighted by Crippen LogP contribution is -2.34. The molecule has 1 unspecified atom stereocenters. The van der Waals surface area contributed by atoms with E-state index in [1.807, 2.05) is 0 Å². The first-order valence-electron chi connectivity index (χ1n) is 8.25. The lowest BCUT2D eigenvalue weighted by Gasteiger charge is -2.22. The average molecular weight is 392 g/mol. The SMILES string of the molecule is COc1ccc(C(CC(=O)N(C)c2ccc(OC)cc2)NS(C)(=O)=O)cc1. The molecule has 146 valence electrons. The number of sulfonamides is 1. The zero-order valence-electron chi connectivity index (χ0n) is 15.8. The molecular weight excluding hydrogens is 368 g/mol. The van der Waals surface area contributed by atoms with Crippen LogP contribution in [0.2, 0.25) is 0 Å². The molecule has 7 nitrogen and oxygen atoms in total. The Balaban J connectivity index is 2.20. The highest BCUT2D eigenvalue weighted by Gasteiger charge is 2.22. The minimum absolute atomic E-state index is 0.0259. The highest BCUT2D eigenvalue weighted by molar-refractivity contribution is 7.88. The van der Waals surface area contributed by atoms with Gasteiger partial charge in [-0.3, -0.25) is 4.79 Å². The Labute approximate surface area is 160 Å². The lowest BCUT2D eigenvalue weighted by molar-refractivity contribution is -0.118. The van der Waals surface area contributed by atoms with E-state index in [4.69, 9.17) is 9.47 Å². The molecule has 0 bridgehead atoms. The van der Waals surface area contributed by atoms with E-state index >= 15 is 0 Å². The van der Waals surface area contributed by atoms with Crippen LogP contribution in [0.3, 0.4) is 0 Å². The second kappa shape index (κ2) is 8.88. The van der Waals surface area contributed by atoms with Crippen molar-refractivity contribution >= 4 is 21.6 Å². The lowest BCUT2D eigenvalue weighted by atomic mass is 10.0. The molecule has 8 heteroatoms. The summed E-state index contributed by atoms with van der Waals surface area (Å²) < 4.78 is 36.3. The fraction of sp³-hybridized carbons (Fsp3) is 0.316. The maximum Gasteiger partial charge on any atom is 0.228 e. The summed E-state index contributed by atoms with van der Waals surface area (Å²) in [5.41, 5.74) is 1.37. The molecular formula is C19H24N2O5S. The van der Waals surface area contributed by atoms with Crippen molar-refractivity contribution in [3.8, 4) is 11.5 Å². The van der Waals surface area contributed by atoms with E-state index in [-0.39, 0.29) is 12.3 Å². The van der Waals surface area contributed by atoms with Gasteiger partial charge < -0.3 is 14.4 Å². The Morgan fingerprint density at radius 3 is 1.93 bits per heavy atom. The number of carbonyl (C=O) groups is 1. The number of hydrogen-bond donors (Lipinski definition) is 1. The second-order valence-corrected chi connectivity index (χ2v) is 7.85. The normalized spacial score (nSPS) is 12.3. The highest BCUT2D eigenvalue weighted by Crippen LogP contribution is 2.24. The van der Waals surface area contributed by atoms with Crippen molar-refractivity contribution < 1.29 is 22.7 Å². The summed E-state index contributed by atoms with van der Waals surface area (Å²) in [5, 5.41) is 0. The first-order valence-corrected chi connectivity index (χ1v) is 10.1. The number of amides is 1. The van der Waals surface area contributed by atoms with Crippen LogP contribution in [0, 0.1) is 0 Å². The molecule has 0 heterocycles. The molecule has 0 radical (unpaired) electrons. The van der Waals surface area contributed by atoms with Gasteiger partial charge in [0.15, 0.2) is 0 Å². The van der Waals surface area contributed by atoms with E-state index < -0.39 is 16.1 Å². The maximum absolute atomic E-state index is 12.7. The Kier molecular flexibility index (Phi) is 6.81. The molecule has 1 N–H and O–H groups in total. The summed E-state index contributed by atoms with van der Waals surface area (Å²) >= 11 is 0. The molecule has 2 aromatic carbocycles. The van der Waals surface area contributed by atoms with Gasteiger partial charge in [0, 0.05) is 19.2 Å². The fourth-order valence-corrected chi connectivity index (χ4v) is 3.32. The van der Waals surface area contributed by atoms with Gasteiger partial charge in [0.05, 0.1) is 26.5 Å². The van der Waals surface area contributed by atoms with E-state index in [1.165, 1.54) is 4.90 Å². The van der Waals surface area contributed by atoms with Crippen molar-refractivity contribution in [1.82, 2.24) is 4.72 Å². The van der Waals surface area contributed by atoms with E-state index in [2.05, 4.69) is 4.72 Å². The predicted octanol–water partition coefficient (Wildman–Crippen LogP) is 2.35. The van der Waals surface area contributed by atoms with Crippen LogP contribution >= 0.6 is 0 Å². The van der Waals surface area contributed by atoms with Crippen molar-refractivity contribution in [2.75, 3.05) is 32.4 Å². The van der Waals surface area contributed by atoms with Gasteiger partial charge in [-0.2, -0.15) is 0 Å². The fourth-order valence-electron chi connectivity index (χ4n) is 2.58. The zero-order chi connectivity index (χ0) is 20.0. The summed E-state index contributed by atoms with van der Waals surface area (Å²) in [6.45, 7) is 0. The van der Waals surface area contributed by atoms with Crippen LogP contribution in [-0.2, 0) is 14.8 Å². The molecule has 0 aliphatic rings. The molecule has 0 spiro atoms. The standard InChI is InChI=1S/C19H24N2O5S/c1-21(15-7-11-17(26-3)12-8-15)19(22)13-18(20-27(4,23)24)14-5-9-16(25-2)10-6-14/h5-12,18,20H,13H2,1-4H3. The number of nitrogens with zero attached hydrogens (tertiary/aromatic N) is 1. The Hall–Kier alpha value is -2.58. The van der Waals surface area contributed by atoms with Gasteiger partial charge >= 0.3 is 0 Å². The molecule has 0 fully saturated rings. The minimum atomic E-state index is -3.50. The van der Waals surface area contributed by atoms with Crippen molar-refractivity contribution in [2.24, 2.45) is 0 Å². The second-order valence-electron chi connectivity index (χ2n) is 6.07. The molecule has 0 saturated heterocycles. The quantitative estimate of drug-likeness (QED) is 0.745. The smallest absolute Gasteiger partial charge is 0.228 e. The Bertz CT molecular complexity index is 864. The molecule has 0 aliphatic carbocycles. The van der Waals surface area contributed by atoms with Crippen LogP contribution in [0.1, 0.15) is 18.0 Å². The summed E-state index contributed by atoms with van der Waals surface area (Å²) in [6, 6.07) is 13.3. The van der Waals surface area contributed by atoms with Crippen LogP contribution in [0.4, 0.5) is 5.69 Å². The van der Waals surface area contributed by atoms with Gasteiger partial charge in [0.2, 0.25) is 15.9 Å². The van der Waals surface area contributed by atoms with Gasteiger partial charge in [0.1, 0.15) is 11.5 Å². The third-order valence-electron chi connectivity index (χ3n) is 4.09. The predicted molar refractivity (Wildman–Crippen MR) is 105 cm³/mol. The number of methoxy groups -OCH3 is 2. The summed E-state index contributed by atoms with van der Waals surface area (Å²) in [6.07, 6.45) is 1.04. The minimum Gasteiger partial charge on any atom is -0.497 e. The summed E-state index contributed by atoms with van der Waals surface area (Å²) in [4.78, 5) is 14.2. The summed E-state index contributed by atoms with van der Waals surface area (Å²) in [7, 11) is 1.27. The van der Waals surface area contributed by atoms with Gasteiger partial charge in [-0.1, -0.05) is 12.1 Å². The number of hydrogen-bond acceptors (Lipinski definition) is 5. The topological polar surface area (TPSA) is 84.9 Å². The van der Waals surface area contributed by atoms with Crippen molar-refractivity contribution in [1.29, 1.82) is 0 Å². The van der Waals surface area contributed by atoms with E-state index in [9.17, 15) is 13.2 Å². The highest BCUT2D eigenvalue weighted by atomic mass is 32.2. The molecule has 2 aromatic rings. The van der Waals surface area contributed by atoms with Gasteiger partial charge in [-0.15, -0.1) is 0 Å². The molecule has 0 aromatic heterocycles. The van der Waals surface area contributed by atoms with E-state index in [1.54, 1.807) is 69.8 Å². The van der Waals surface area contributed by atoms with Crippen LogP contribution < -0.4 is 19.1 Å². The van der Waals surface area contributed by atoms with Crippen LogP contribution in [0.5, 0.6) is 11.5 Å². The van der Waals surface area contributed by atoms with Gasteiger partial charge in [-0.05, 0) is 42.0 Å². The van der Waals surface area contributed by atoms with Gasteiger partial charge in [-0.25, -0.2) is 13.1 Å². The van der Waals surface area contributed by atoms with Crippen LogP contribution in [-0.4, -0.2) is 41.8 Å². The largest absolute Gasteiger partial charge is 0.497 e. The van der Waals surface area contributed by atoms with Crippen LogP contribution in [0.25, 0.3) is 0 Å². The number of carbonyl (C=O) groups excluding carboxylic acids is 1. The molecule has 2 rings (SSSR count).